The average Bonchev–Trinajstić information content (AvgIpc) is 2.77. The van der Waals surface area contributed by atoms with Crippen molar-refractivity contribution in [1.29, 1.82) is 0 Å². The second-order valence-electron chi connectivity index (χ2n) is 7.06. The minimum atomic E-state index is -3.40. The van der Waals surface area contributed by atoms with Gasteiger partial charge in [0.2, 0.25) is 0 Å². The molecule has 4 N–H and O–H groups in total. The number of aryl methyl sites for hydroxylation is 1. The molecule has 1 amide bonds. The number of methoxy groups -OCH3 is 1. The number of aromatic nitrogens is 2. The predicted octanol–water partition coefficient (Wildman–Crippen LogP) is 2.91. The fourth-order valence-electron chi connectivity index (χ4n) is 2.99. The SMILES string of the molecule is CCc1nc(C(N)=O)c(Nc2cccc(S(C)(=O)=O)c2)nc1NCc1ccc(OC)cc1. The lowest BCUT2D eigenvalue weighted by molar-refractivity contribution is 0.0996. The number of amides is 1. The number of benzene rings is 2. The van der Waals surface area contributed by atoms with Crippen LogP contribution in [0.15, 0.2) is 53.4 Å². The van der Waals surface area contributed by atoms with Gasteiger partial charge in [-0.1, -0.05) is 25.1 Å². The van der Waals surface area contributed by atoms with Crippen molar-refractivity contribution in [3.05, 3.63) is 65.5 Å². The molecule has 168 valence electrons. The summed E-state index contributed by atoms with van der Waals surface area (Å²) < 4.78 is 28.9. The Morgan fingerprint density at radius 3 is 2.41 bits per heavy atom. The molecule has 9 nitrogen and oxygen atoms in total. The number of anilines is 3. The highest BCUT2D eigenvalue weighted by atomic mass is 32.2. The number of ether oxygens (including phenoxy) is 1. The molecule has 3 aromatic rings. The van der Waals surface area contributed by atoms with E-state index in [-0.39, 0.29) is 16.4 Å². The van der Waals surface area contributed by atoms with E-state index in [4.69, 9.17) is 10.5 Å². The Hall–Kier alpha value is -3.66. The summed E-state index contributed by atoms with van der Waals surface area (Å²) >= 11 is 0. The van der Waals surface area contributed by atoms with E-state index >= 15 is 0 Å². The first-order valence-corrected chi connectivity index (χ1v) is 11.7. The Morgan fingerprint density at radius 1 is 1.09 bits per heavy atom. The second kappa shape index (κ2) is 9.65. The Balaban J connectivity index is 1.93. The molecule has 1 heterocycles. The molecule has 0 unspecified atom stereocenters. The van der Waals surface area contributed by atoms with Gasteiger partial charge in [-0.3, -0.25) is 4.79 Å². The maximum atomic E-state index is 12.0. The lowest BCUT2D eigenvalue weighted by atomic mass is 10.2. The number of nitrogens with one attached hydrogen (secondary N) is 2. The molecule has 0 aliphatic rings. The van der Waals surface area contributed by atoms with Crippen LogP contribution in [0.4, 0.5) is 17.3 Å². The first kappa shape index (κ1) is 23.0. The summed E-state index contributed by atoms with van der Waals surface area (Å²) in [4.78, 5) is 21.1. The summed E-state index contributed by atoms with van der Waals surface area (Å²) in [5, 5.41) is 6.22. The van der Waals surface area contributed by atoms with Crippen LogP contribution in [-0.4, -0.2) is 37.7 Å². The highest BCUT2D eigenvalue weighted by molar-refractivity contribution is 7.90. The van der Waals surface area contributed by atoms with Crippen molar-refractivity contribution in [1.82, 2.24) is 9.97 Å². The molecule has 0 radical (unpaired) electrons. The van der Waals surface area contributed by atoms with Crippen LogP contribution in [0.1, 0.15) is 28.7 Å². The molecule has 2 aromatic carbocycles. The van der Waals surface area contributed by atoms with Crippen molar-refractivity contribution in [2.24, 2.45) is 5.73 Å². The summed E-state index contributed by atoms with van der Waals surface area (Å²) in [5.74, 6) is 0.653. The zero-order chi connectivity index (χ0) is 23.3. The van der Waals surface area contributed by atoms with Gasteiger partial charge in [0.1, 0.15) is 5.75 Å². The topological polar surface area (TPSA) is 136 Å². The molecule has 0 aliphatic heterocycles. The van der Waals surface area contributed by atoms with Crippen LogP contribution in [-0.2, 0) is 22.8 Å². The quantitative estimate of drug-likeness (QED) is 0.448. The molecule has 0 fully saturated rings. The van der Waals surface area contributed by atoms with Gasteiger partial charge in [-0.2, -0.15) is 0 Å². The van der Waals surface area contributed by atoms with Crippen LogP contribution < -0.4 is 21.1 Å². The summed E-state index contributed by atoms with van der Waals surface area (Å²) in [5.41, 5.74) is 7.53. The van der Waals surface area contributed by atoms with Gasteiger partial charge < -0.3 is 21.1 Å². The van der Waals surface area contributed by atoms with Crippen molar-refractivity contribution >= 4 is 33.1 Å². The second-order valence-corrected chi connectivity index (χ2v) is 9.08. The van der Waals surface area contributed by atoms with Crippen molar-refractivity contribution in [3.63, 3.8) is 0 Å². The first-order valence-electron chi connectivity index (χ1n) is 9.86. The number of carbonyl (C=O) groups is 1. The number of hydrogen-bond donors (Lipinski definition) is 3. The van der Waals surface area contributed by atoms with Gasteiger partial charge in [0.05, 0.1) is 17.7 Å². The van der Waals surface area contributed by atoms with E-state index in [1.165, 1.54) is 12.1 Å². The number of nitrogens with two attached hydrogens (primary N) is 1. The molecule has 32 heavy (non-hydrogen) atoms. The minimum absolute atomic E-state index is 0.0263. The molecule has 1 aromatic heterocycles. The third-order valence-corrected chi connectivity index (χ3v) is 5.79. The van der Waals surface area contributed by atoms with Gasteiger partial charge in [0.15, 0.2) is 27.2 Å². The third-order valence-electron chi connectivity index (χ3n) is 4.68. The highest BCUT2D eigenvalue weighted by Crippen LogP contribution is 2.24. The predicted molar refractivity (Wildman–Crippen MR) is 123 cm³/mol. The largest absolute Gasteiger partial charge is 0.497 e. The van der Waals surface area contributed by atoms with Crippen molar-refractivity contribution < 1.29 is 17.9 Å². The van der Waals surface area contributed by atoms with Crippen LogP contribution in [0.3, 0.4) is 0 Å². The van der Waals surface area contributed by atoms with E-state index in [9.17, 15) is 13.2 Å². The van der Waals surface area contributed by atoms with Crippen LogP contribution in [0.2, 0.25) is 0 Å². The summed E-state index contributed by atoms with van der Waals surface area (Å²) in [7, 11) is -1.79. The number of nitrogens with zero attached hydrogens (tertiary/aromatic N) is 2. The monoisotopic (exact) mass is 455 g/mol. The van der Waals surface area contributed by atoms with E-state index < -0.39 is 15.7 Å². The smallest absolute Gasteiger partial charge is 0.271 e. The molecule has 10 heteroatoms. The van der Waals surface area contributed by atoms with E-state index in [2.05, 4.69) is 20.6 Å². The van der Waals surface area contributed by atoms with Gasteiger partial charge >= 0.3 is 0 Å². The molecule has 0 aliphatic carbocycles. The number of rotatable bonds is 9. The lowest BCUT2D eigenvalue weighted by Crippen LogP contribution is -2.19. The zero-order valence-electron chi connectivity index (χ0n) is 18.0. The van der Waals surface area contributed by atoms with Gasteiger partial charge in [-0.15, -0.1) is 0 Å². The number of hydrogen-bond acceptors (Lipinski definition) is 8. The Morgan fingerprint density at radius 2 is 1.81 bits per heavy atom. The molecule has 0 saturated carbocycles. The van der Waals surface area contributed by atoms with Crippen molar-refractivity contribution in [3.8, 4) is 5.75 Å². The summed E-state index contributed by atoms with van der Waals surface area (Å²) in [6.07, 6.45) is 1.65. The van der Waals surface area contributed by atoms with Gasteiger partial charge in [-0.25, -0.2) is 18.4 Å². The number of sulfone groups is 1. The molecule has 3 rings (SSSR count). The van der Waals surface area contributed by atoms with Crippen molar-refractivity contribution in [2.45, 2.75) is 24.8 Å². The van der Waals surface area contributed by atoms with Gasteiger partial charge in [0, 0.05) is 18.5 Å². The van der Waals surface area contributed by atoms with Crippen LogP contribution in [0.25, 0.3) is 0 Å². The minimum Gasteiger partial charge on any atom is -0.497 e. The molecular weight excluding hydrogens is 430 g/mol. The molecule has 0 spiro atoms. The van der Waals surface area contributed by atoms with Gasteiger partial charge in [-0.05, 0) is 42.3 Å². The first-order chi connectivity index (χ1) is 15.2. The van der Waals surface area contributed by atoms with E-state index in [1.54, 1.807) is 19.2 Å². The summed E-state index contributed by atoms with van der Waals surface area (Å²) in [6.45, 7) is 2.38. The molecular formula is C22H25N5O4S. The van der Waals surface area contributed by atoms with Crippen molar-refractivity contribution in [2.75, 3.05) is 24.0 Å². The maximum Gasteiger partial charge on any atom is 0.271 e. The molecule has 0 bridgehead atoms. The fourth-order valence-corrected chi connectivity index (χ4v) is 3.65. The van der Waals surface area contributed by atoms with Crippen LogP contribution >= 0.6 is 0 Å². The van der Waals surface area contributed by atoms with Crippen LogP contribution in [0.5, 0.6) is 5.75 Å². The third kappa shape index (κ3) is 5.52. The standard InChI is InChI=1S/C22H25N5O4S/c1-4-18-21(24-13-14-8-10-16(31-2)11-9-14)27-22(19(26-18)20(23)28)25-15-6-5-7-17(12-15)32(3,29)30/h5-12H,4,13H2,1-3H3,(H2,23,28)(H2,24,25,27). The van der Waals surface area contributed by atoms with Gasteiger partial charge in [0.25, 0.3) is 5.91 Å². The lowest BCUT2D eigenvalue weighted by Gasteiger charge is -2.15. The average molecular weight is 456 g/mol. The van der Waals surface area contributed by atoms with E-state index in [0.29, 0.717) is 30.2 Å². The fraction of sp³-hybridized carbons (Fsp3) is 0.227. The van der Waals surface area contributed by atoms with E-state index in [0.717, 1.165) is 17.6 Å². The maximum absolute atomic E-state index is 12.0. The highest BCUT2D eigenvalue weighted by Gasteiger charge is 2.18. The zero-order valence-corrected chi connectivity index (χ0v) is 18.9. The Bertz CT molecular complexity index is 1230. The Labute approximate surface area is 187 Å². The number of carbonyl (C=O) groups excluding carboxylic acids is 1. The molecule has 0 saturated heterocycles. The summed E-state index contributed by atoms with van der Waals surface area (Å²) in [6, 6.07) is 13.8. The number of primary amides is 1. The Kier molecular flexibility index (Phi) is 6.94. The normalized spacial score (nSPS) is 11.1. The van der Waals surface area contributed by atoms with E-state index in [1.807, 2.05) is 31.2 Å². The molecule has 0 atom stereocenters. The van der Waals surface area contributed by atoms with Crippen LogP contribution in [0, 0.1) is 0 Å².